The number of aldehydes is 1. The predicted molar refractivity (Wildman–Crippen MR) is 54.6 cm³/mol. The molecule has 0 aliphatic heterocycles. The van der Waals surface area contributed by atoms with Gasteiger partial charge in [0.15, 0.2) is 0 Å². The fraction of sp³-hybridized carbons (Fsp3) is 0.250. The first-order valence-corrected chi connectivity index (χ1v) is 4.45. The Labute approximate surface area is 83.3 Å². The van der Waals surface area contributed by atoms with Gasteiger partial charge >= 0.3 is 0 Å². The second kappa shape index (κ2) is 4.18. The molecule has 1 aromatic carbocycles. The number of benzene rings is 1. The van der Waals surface area contributed by atoms with Gasteiger partial charge in [-0.3, -0.25) is 0 Å². The largest absolute Gasteiger partial charge is 0.302 e. The molecule has 0 spiro atoms. The fourth-order valence-electron chi connectivity index (χ4n) is 1.38. The van der Waals surface area contributed by atoms with Crippen molar-refractivity contribution in [2.45, 2.75) is 18.8 Å². The van der Waals surface area contributed by atoms with Gasteiger partial charge < -0.3 is 4.79 Å². The van der Waals surface area contributed by atoms with Gasteiger partial charge in [0.1, 0.15) is 12.1 Å². The van der Waals surface area contributed by atoms with E-state index in [-0.39, 0.29) is 5.82 Å². The molecule has 0 amide bonds. The number of hydrogen-bond donors (Lipinski definition) is 0. The van der Waals surface area contributed by atoms with Crippen molar-refractivity contribution in [1.82, 2.24) is 0 Å². The van der Waals surface area contributed by atoms with Crippen molar-refractivity contribution < 1.29 is 9.18 Å². The first-order valence-electron chi connectivity index (χ1n) is 4.45. The highest BCUT2D eigenvalue weighted by Crippen LogP contribution is 2.26. The zero-order chi connectivity index (χ0) is 10.6. The van der Waals surface area contributed by atoms with Gasteiger partial charge in [0.25, 0.3) is 0 Å². The molecule has 0 aromatic heterocycles. The summed E-state index contributed by atoms with van der Waals surface area (Å²) in [6.07, 6.45) is 3.02. The van der Waals surface area contributed by atoms with Gasteiger partial charge in [0.05, 0.1) is 5.41 Å². The SMILES string of the molecule is C=CC[C@](C)(C=O)c1cccc(F)c1. The molecular formula is C12H13FO. The summed E-state index contributed by atoms with van der Waals surface area (Å²) < 4.78 is 12.9. The van der Waals surface area contributed by atoms with Crippen molar-refractivity contribution in [2.75, 3.05) is 0 Å². The molecule has 0 heterocycles. The highest BCUT2D eigenvalue weighted by atomic mass is 19.1. The van der Waals surface area contributed by atoms with E-state index in [4.69, 9.17) is 0 Å². The maximum atomic E-state index is 12.9. The number of allylic oxidation sites excluding steroid dienone is 1. The highest BCUT2D eigenvalue weighted by Gasteiger charge is 2.24. The van der Waals surface area contributed by atoms with E-state index in [9.17, 15) is 9.18 Å². The third kappa shape index (κ3) is 2.08. The minimum atomic E-state index is -0.663. The maximum Gasteiger partial charge on any atom is 0.130 e. The number of carbonyl (C=O) groups is 1. The molecule has 0 unspecified atom stereocenters. The molecule has 74 valence electrons. The van der Waals surface area contributed by atoms with Crippen molar-refractivity contribution in [3.8, 4) is 0 Å². The van der Waals surface area contributed by atoms with Crippen LogP contribution >= 0.6 is 0 Å². The van der Waals surface area contributed by atoms with Crippen LogP contribution in [-0.4, -0.2) is 6.29 Å². The fourth-order valence-corrected chi connectivity index (χ4v) is 1.38. The van der Waals surface area contributed by atoms with Crippen LogP contribution in [0.25, 0.3) is 0 Å². The van der Waals surface area contributed by atoms with Gasteiger partial charge in [-0.15, -0.1) is 6.58 Å². The van der Waals surface area contributed by atoms with E-state index in [0.717, 1.165) is 6.29 Å². The van der Waals surface area contributed by atoms with Crippen LogP contribution in [-0.2, 0) is 10.2 Å². The average molecular weight is 192 g/mol. The first kappa shape index (κ1) is 10.6. The van der Waals surface area contributed by atoms with Gasteiger partial charge in [-0.05, 0) is 31.0 Å². The molecule has 0 bridgehead atoms. The molecule has 14 heavy (non-hydrogen) atoms. The summed E-state index contributed by atoms with van der Waals surface area (Å²) in [5, 5.41) is 0. The molecule has 1 rings (SSSR count). The van der Waals surface area contributed by atoms with Crippen molar-refractivity contribution in [3.63, 3.8) is 0 Å². The zero-order valence-corrected chi connectivity index (χ0v) is 8.16. The summed E-state index contributed by atoms with van der Waals surface area (Å²) in [5.41, 5.74) is 0.0246. The first-order chi connectivity index (χ1) is 6.62. The van der Waals surface area contributed by atoms with Crippen molar-refractivity contribution in [2.24, 2.45) is 0 Å². The molecule has 2 heteroatoms. The van der Waals surface area contributed by atoms with Crippen LogP contribution in [0, 0.1) is 5.82 Å². The summed E-state index contributed by atoms with van der Waals surface area (Å²) in [4.78, 5) is 11.0. The predicted octanol–water partition coefficient (Wildman–Crippen LogP) is 2.86. The van der Waals surface area contributed by atoms with E-state index in [2.05, 4.69) is 6.58 Å². The summed E-state index contributed by atoms with van der Waals surface area (Å²) in [6, 6.07) is 6.11. The summed E-state index contributed by atoms with van der Waals surface area (Å²) >= 11 is 0. The van der Waals surface area contributed by atoms with Crippen LogP contribution in [0.5, 0.6) is 0 Å². The molecule has 0 saturated heterocycles. The third-order valence-electron chi connectivity index (χ3n) is 2.31. The van der Waals surface area contributed by atoms with Gasteiger partial charge in [0.2, 0.25) is 0 Å². The maximum absolute atomic E-state index is 12.9. The molecule has 0 saturated carbocycles. The van der Waals surface area contributed by atoms with Crippen LogP contribution in [0.3, 0.4) is 0 Å². The van der Waals surface area contributed by atoms with Gasteiger partial charge in [-0.25, -0.2) is 4.39 Å². The van der Waals surface area contributed by atoms with E-state index in [1.807, 2.05) is 0 Å². The topological polar surface area (TPSA) is 17.1 Å². The second-order valence-corrected chi connectivity index (χ2v) is 3.54. The summed E-state index contributed by atoms with van der Waals surface area (Å²) in [7, 11) is 0. The molecule has 0 aliphatic rings. The van der Waals surface area contributed by atoms with Crippen molar-refractivity contribution in [3.05, 3.63) is 48.3 Å². The minimum absolute atomic E-state index is 0.320. The molecular weight excluding hydrogens is 179 g/mol. The monoisotopic (exact) mass is 192 g/mol. The van der Waals surface area contributed by atoms with Gasteiger partial charge in [-0.1, -0.05) is 18.2 Å². The van der Waals surface area contributed by atoms with E-state index in [1.165, 1.54) is 12.1 Å². The van der Waals surface area contributed by atoms with Crippen molar-refractivity contribution in [1.29, 1.82) is 0 Å². The smallest absolute Gasteiger partial charge is 0.130 e. The normalized spacial score (nSPS) is 14.4. The van der Waals surface area contributed by atoms with Crippen LogP contribution in [0.1, 0.15) is 18.9 Å². The number of hydrogen-bond acceptors (Lipinski definition) is 1. The quantitative estimate of drug-likeness (QED) is 0.529. The number of halogens is 1. The Kier molecular flexibility index (Phi) is 3.18. The van der Waals surface area contributed by atoms with Crippen LogP contribution in [0.15, 0.2) is 36.9 Å². The molecule has 0 N–H and O–H groups in total. The highest BCUT2D eigenvalue weighted by molar-refractivity contribution is 5.68. The molecule has 0 fully saturated rings. The Balaban J connectivity index is 3.11. The molecule has 1 nitrogen and oxygen atoms in total. The van der Waals surface area contributed by atoms with Gasteiger partial charge in [0, 0.05) is 0 Å². The van der Waals surface area contributed by atoms with E-state index < -0.39 is 5.41 Å². The van der Waals surface area contributed by atoms with E-state index >= 15 is 0 Å². The van der Waals surface area contributed by atoms with Crippen LogP contribution in [0.4, 0.5) is 4.39 Å². The molecule has 1 aromatic rings. The van der Waals surface area contributed by atoms with Gasteiger partial charge in [-0.2, -0.15) is 0 Å². The standard InChI is InChI=1S/C12H13FO/c1-3-7-12(2,9-14)10-5-4-6-11(13)8-10/h3-6,8-9H,1,7H2,2H3/t12-/m1/s1. The number of rotatable bonds is 4. The van der Waals surface area contributed by atoms with E-state index in [1.54, 1.807) is 25.1 Å². The lowest BCUT2D eigenvalue weighted by Crippen LogP contribution is -2.22. The lowest BCUT2D eigenvalue weighted by molar-refractivity contribution is -0.112. The second-order valence-electron chi connectivity index (χ2n) is 3.54. The van der Waals surface area contributed by atoms with Crippen LogP contribution < -0.4 is 0 Å². The summed E-state index contributed by atoms with van der Waals surface area (Å²) in [6.45, 7) is 5.36. The van der Waals surface area contributed by atoms with Crippen LogP contribution in [0.2, 0.25) is 0 Å². The molecule has 0 aliphatic carbocycles. The third-order valence-corrected chi connectivity index (χ3v) is 2.31. The lowest BCUT2D eigenvalue weighted by Gasteiger charge is -2.21. The molecule has 1 atom stereocenters. The average Bonchev–Trinajstić information content (AvgIpc) is 2.18. The Morgan fingerprint density at radius 2 is 2.29 bits per heavy atom. The van der Waals surface area contributed by atoms with E-state index in [0.29, 0.717) is 12.0 Å². The Morgan fingerprint density at radius 3 is 2.79 bits per heavy atom. The Morgan fingerprint density at radius 1 is 1.57 bits per heavy atom. The number of carbonyl (C=O) groups excluding carboxylic acids is 1. The van der Waals surface area contributed by atoms with Crippen molar-refractivity contribution >= 4 is 6.29 Å². The summed E-state index contributed by atoms with van der Waals surface area (Å²) in [5.74, 6) is -0.320. The Bertz CT molecular complexity index is 346. The molecule has 0 radical (unpaired) electrons. The lowest BCUT2D eigenvalue weighted by atomic mass is 9.81. The Hall–Kier alpha value is -1.44. The minimum Gasteiger partial charge on any atom is -0.302 e. The zero-order valence-electron chi connectivity index (χ0n) is 8.16.